The molecule has 6 heteroatoms. The molecule has 0 spiro atoms. The van der Waals surface area contributed by atoms with Crippen LogP contribution in [0, 0.1) is 17.9 Å². The summed E-state index contributed by atoms with van der Waals surface area (Å²) >= 11 is 0. The van der Waals surface area contributed by atoms with E-state index < -0.39 is 0 Å². The van der Waals surface area contributed by atoms with Gasteiger partial charge in [-0.3, -0.25) is 0 Å². The topological polar surface area (TPSA) is 44.5 Å². The summed E-state index contributed by atoms with van der Waals surface area (Å²) < 4.78 is 4.82. The summed E-state index contributed by atoms with van der Waals surface area (Å²) in [6.07, 6.45) is 0. The van der Waals surface area contributed by atoms with E-state index in [9.17, 15) is 5.26 Å². The molecule has 6 nitrogen and oxygen atoms in total. The molecule has 12 rings (SSSR count). The zero-order valence-corrected chi connectivity index (χ0v) is 35.6. The standard InChI is InChI=1S/C60H38N6/c1-62-44-21-15-27-48(37-44)64(56-31-14-20-43-18-9-11-29-52(43)56)50-33-35-54-58(39-50)66(46-24-6-3-7-25-46)59-53-34-32-49(38-57(53)65(60(54)59)45-22-4-2-5-23-45)63(47-26-12-16-41(36-47)40-61)55-30-13-19-42-17-8-10-28-51(42)55/h2-39H. The first-order valence-electron chi connectivity index (χ1n) is 21.9. The van der Waals surface area contributed by atoms with E-state index in [2.05, 4.69) is 224 Å². The lowest BCUT2D eigenvalue weighted by Gasteiger charge is -2.27. The van der Waals surface area contributed by atoms with Crippen molar-refractivity contribution in [2.75, 3.05) is 9.80 Å². The van der Waals surface area contributed by atoms with Gasteiger partial charge in [0.2, 0.25) is 0 Å². The Hall–Kier alpha value is -9.36. The van der Waals surface area contributed by atoms with Crippen molar-refractivity contribution in [3.63, 3.8) is 0 Å². The van der Waals surface area contributed by atoms with Crippen LogP contribution in [0.25, 0.3) is 70.6 Å². The van der Waals surface area contributed by atoms with Crippen LogP contribution in [0.15, 0.2) is 231 Å². The number of aromatic nitrogens is 2. The quantitative estimate of drug-likeness (QED) is 0.143. The lowest BCUT2D eigenvalue weighted by atomic mass is 10.1. The van der Waals surface area contributed by atoms with Crippen LogP contribution in [0.4, 0.5) is 39.8 Å². The average Bonchev–Trinajstić information content (AvgIpc) is 3.89. The van der Waals surface area contributed by atoms with E-state index in [0.29, 0.717) is 11.3 Å². The van der Waals surface area contributed by atoms with Gasteiger partial charge in [0.05, 0.1) is 51.6 Å². The van der Waals surface area contributed by atoms with Gasteiger partial charge in [-0.15, -0.1) is 0 Å². The van der Waals surface area contributed by atoms with Crippen molar-refractivity contribution in [3.8, 4) is 17.4 Å². The number of para-hydroxylation sites is 2. The molecular formula is C60H38N6. The van der Waals surface area contributed by atoms with Crippen molar-refractivity contribution < 1.29 is 0 Å². The molecule has 0 amide bonds. The van der Waals surface area contributed by atoms with Crippen LogP contribution in [0.3, 0.4) is 0 Å². The van der Waals surface area contributed by atoms with Crippen LogP contribution < -0.4 is 9.80 Å². The van der Waals surface area contributed by atoms with Gasteiger partial charge in [-0.25, -0.2) is 4.85 Å². The minimum absolute atomic E-state index is 0.580. The maximum Gasteiger partial charge on any atom is 0.189 e. The third-order valence-corrected chi connectivity index (χ3v) is 12.6. The Morgan fingerprint density at radius 2 is 0.833 bits per heavy atom. The molecule has 66 heavy (non-hydrogen) atoms. The second-order valence-corrected chi connectivity index (χ2v) is 16.4. The van der Waals surface area contributed by atoms with Crippen LogP contribution in [0.5, 0.6) is 0 Å². The predicted octanol–water partition coefficient (Wildman–Crippen LogP) is 16.4. The highest BCUT2D eigenvalue weighted by molar-refractivity contribution is 6.21. The third-order valence-electron chi connectivity index (χ3n) is 12.6. The SMILES string of the molecule is [C-]#[N+]c1cccc(N(c2ccc3c(c2)n(-c2ccccc2)c2c4ccc(N(c5cccc(C#N)c5)c5cccc6ccccc56)cc4n(-c4ccccc4)c32)c2cccc3ccccc23)c1. The van der Waals surface area contributed by atoms with Gasteiger partial charge in [0, 0.05) is 55.7 Å². The molecule has 0 unspecified atom stereocenters. The van der Waals surface area contributed by atoms with Crippen LogP contribution in [0.1, 0.15) is 5.56 Å². The second kappa shape index (κ2) is 15.8. The molecule has 10 aromatic carbocycles. The Bertz CT molecular complexity index is 3660. The number of anilines is 6. The molecule has 0 radical (unpaired) electrons. The largest absolute Gasteiger partial charge is 0.311 e. The van der Waals surface area contributed by atoms with Crippen molar-refractivity contribution in [1.29, 1.82) is 5.26 Å². The number of benzene rings is 10. The number of rotatable bonds is 8. The molecule has 0 aliphatic heterocycles. The number of nitriles is 1. The molecule has 0 fully saturated rings. The van der Waals surface area contributed by atoms with Gasteiger partial charge < -0.3 is 18.9 Å². The van der Waals surface area contributed by atoms with E-state index in [1.807, 2.05) is 36.4 Å². The van der Waals surface area contributed by atoms with Crippen molar-refractivity contribution in [3.05, 3.63) is 248 Å². The normalized spacial score (nSPS) is 11.3. The average molecular weight is 843 g/mol. The van der Waals surface area contributed by atoms with E-state index in [-0.39, 0.29) is 0 Å². The number of hydrogen-bond donors (Lipinski definition) is 0. The van der Waals surface area contributed by atoms with Gasteiger partial charge in [-0.05, 0) is 114 Å². The molecule has 0 aliphatic carbocycles. The van der Waals surface area contributed by atoms with E-state index in [1.54, 1.807) is 0 Å². The van der Waals surface area contributed by atoms with Crippen molar-refractivity contribution >= 4 is 94.2 Å². The highest BCUT2D eigenvalue weighted by Gasteiger charge is 2.26. The van der Waals surface area contributed by atoms with Crippen molar-refractivity contribution in [2.45, 2.75) is 0 Å². The van der Waals surface area contributed by atoms with Crippen molar-refractivity contribution in [2.24, 2.45) is 0 Å². The molecule has 0 aliphatic rings. The summed E-state index contributed by atoms with van der Waals surface area (Å²) in [6.45, 7) is 7.91. The predicted molar refractivity (Wildman–Crippen MR) is 273 cm³/mol. The van der Waals surface area contributed by atoms with Crippen LogP contribution in [-0.2, 0) is 0 Å². The summed E-state index contributed by atoms with van der Waals surface area (Å²) in [5.74, 6) is 0. The first kappa shape index (κ1) is 38.3. The lowest BCUT2D eigenvalue weighted by Crippen LogP contribution is -2.11. The van der Waals surface area contributed by atoms with Gasteiger partial charge in [-0.2, -0.15) is 5.26 Å². The number of hydrogen-bond acceptors (Lipinski definition) is 3. The number of nitrogens with zero attached hydrogens (tertiary/aromatic N) is 6. The molecule has 2 aromatic heterocycles. The first-order valence-corrected chi connectivity index (χ1v) is 21.9. The Morgan fingerprint density at radius 3 is 1.35 bits per heavy atom. The third kappa shape index (κ3) is 6.25. The van der Waals surface area contributed by atoms with Gasteiger partial charge in [-0.1, -0.05) is 127 Å². The highest BCUT2D eigenvalue weighted by atomic mass is 15.2. The van der Waals surface area contributed by atoms with E-state index in [0.717, 1.165) is 99.9 Å². The maximum absolute atomic E-state index is 10.1. The summed E-state index contributed by atoms with van der Waals surface area (Å²) in [7, 11) is 0. The van der Waals surface area contributed by atoms with Crippen LogP contribution in [0.2, 0.25) is 0 Å². The zero-order chi connectivity index (χ0) is 44.1. The Morgan fingerprint density at radius 1 is 0.394 bits per heavy atom. The monoisotopic (exact) mass is 842 g/mol. The molecule has 12 aromatic rings. The Kier molecular flexibility index (Phi) is 9.16. The molecule has 308 valence electrons. The molecule has 0 saturated carbocycles. The second-order valence-electron chi connectivity index (χ2n) is 16.4. The van der Waals surface area contributed by atoms with E-state index in [1.165, 1.54) is 0 Å². The molecule has 0 bridgehead atoms. The van der Waals surface area contributed by atoms with Gasteiger partial charge in [0.1, 0.15) is 0 Å². The summed E-state index contributed by atoms with van der Waals surface area (Å²) in [5.41, 5.74) is 13.3. The zero-order valence-electron chi connectivity index (χ0n) is 35.6. The Balaban J connectivity index is 1.17. The fraction of sp³-hybridized carbons (Fsp3) is 0. The van der Waals surface area contributed by atoms with E-state index >= 15 is 0 Å². The van der Waals surface area contributed by atoms with Crippen molar-refractivity contribution in [1.82, 2.24) is 9.13 Å². The van der Waals surface area contributed by atoms with Gasteiger partial charge >= 0.3 is 0 Å². The minimum atomic E-state index is 0.580. The minimum Gasteiger partial charge on any atom is -0.311 e. The van der Waals surface area contributed by atoms with E-state index in [4.69, 9.17) is 6.57 Å². The fourth-order valence-electron chi connectivity index (χ4n) is 9.81. The molecule has 0 N–H and O–H groups in total. The maximum atomic E-state index is 10.1. The smallest absolute Gasteiger partial charge is 0.189 e. The lowest BCUT2D eigenvalue weighted by molar-refractivity contribution is 1.17. The Labute approximate surface area is 381 Å². The molecule has 2 heterocycles. The summed E-state index contributed by atoms with van der Waals surface area (Å²) in [5, 5.41) is 16.8. The van der Waals surface area contributed by atoms with Crippen LogP contribution >= 0.6 is 0 Å². The molecule has 0 saturated heterocycles. The summed E-state index contributed by atoms with van der Waals surface area (Å²) in [4.78, 5) is 8.38. The molecule has 0 atom stereocenters. The first-order chi connectivity index (χ1) is 32.7. The van der Waals surface area contributed by atoms with Crippen LogP contribution in [-0.4, -0.2) is 9.13 Å². The molecular weight excluding hydrogens is 805 g/mol. The number of fused-ring (bicyclic) bond motifs is 7. The van der Waals surface area contributed by atoms with Gasteiger partial charge in [0.25, 0.3) is 0 Å². The van der Waals surface area contributed by atoms with Gasteiger partial charge in [0.15, 0.2) is 5.69 Å². The highest BCUT2D eigenvalue weighted by Crippen LogP contribution is 2.47. The fourth-order valence-corrected chi connectivity index (χ4v) is 9.81. The summed E-state index contributed by atoms with van der Waals surface area (Å²) in [6, 6.07) is 82.6.